The van der Waals surface area contributed by atoms with Crippen LogP contribution in [0.5, 0.6) is 0 Å². The fourth-order valence-electron chi connectivity index (χ4n) is 1.77. The zero-order chi connectivity index (χ0) is 16.5. The summed E-state index contributed by atoms with van der Waals surface area (Å²) in [6.45, 7) is 5.26. The fraction of sp³-hybridized carbons (Fsp3) is 0.286. The minimum Gasteiger partial charge on any atom is -0.456 e. The van der Waals surface area contributed by atoms with Crippen molar-refractivity contribution >= 4 is 17.5 Å². The molecule has 0 aliphatic carbocycles. The summed E-state index contributed by atoms with van der Waals surface area (Å²) in [5, 5.41) is 14.7. The largest absolute Gasteiger partial charge is 0.456 e. The van der Waals surface area contributed by atoms with E-state index in [4.69, 9.17) is 10.5 Å². The van der Waals surface area contributed by atoms with Crippen LogP contribution in [0, 0.1) is 10.1 Å². The third-order valence-corrected chi connectivity index (χ3v) is 2.73. The van der Waals surface area contributed by atoms with E-state index in [1.165, 1.54) is 35.1 Å². The van der Waals surface area contributed by atoms with E-state index in [1.54, 1.807) is 20.8 Å². The topological polar surface area (TPSA) is 113 Å². The summed E-state index contributed by atoms with van der Waals surface area (Å²) < 4.78 is 6.57. The average Bonchev–Trinajstić information content (AvgIpc) is 2.79. The molecule has 0 aliphatic rings. The van der Waals surface area contributed by atoms with Gasteiger partial charge in [-0.3, -0.25) is 10.1 Å². The number of aromatic nitrogens is 2. The van der Waals surface area contributed by atoms with Gasteiger partial charge in [0.2, 0.25) is 0 Å². The smallest absolute Gasteiger partial charge is 0.344 e. The number of carbonyl (C=O) groups is 1. The molecule has 0 radical (unpaired) electrons. The molecule has 0 fully saturated rings. The second kappa shape index (κ2) is 5.47. The van der Waals surface area contributed by atoms with Crippen molar-refractivity contribution in [1.82, 2.24) is 9.78 Å². The van der Waals surface area contributed by atoms with Crippen LogP contribution in [0.15, 0.2) is 30.5 Å². The van der Waals surface area contributed by atoms with Crippen molar-refractivity contribution in [2.45, 2.75) is 26.4 Å². The van der Waals surface area contributed by atoms with Crippen LogP contribution in [0.3, 0.4) is 0 Å². The lowest BCUT2D eigenvalue weighted by molar-refractivity contribution is -0.384. The fourth-order valence-corrected chi connectivity index (χ4v) is 1.77. The van der Waals surface area contributed by atoms with Crippen molar-refractivity contribution in [2.24, 2.45) is 0 Å². The second-order valence-electron chi connectivity index (χ2n) is 5.63. The standard InChI is InChI=1S/C14H16N4O4/c1-14(2,3)22-13(19)11-8-16-17(12(11)15)9-4-6-10(7-5-9)18(20)21/h4-8H,15H2,1-3H3. The number of hydrogen-bond acceptors (Lipinski definition) is 6. The highest BCUT2D eigenvalue weighted by Crippen LogP contribution is 2.21. The summed E-state index contributed by atoms with van der Waals surface area (Å²) in [7, 11) is 0. The van der Waals surface area contributed by atoms with Crippen LogP contribution in [0.1, 0.15) is 31.1 Å². The molecule has 0 saturated heterocycles. The van der Waals surface area contributed by atoms with E-state index >= 15 is 0 Å². The van der Waals surface area contributed by atoms with Crippen LogP contribution in [0.2, 0.25) is 0 Å². The Hall–Kier alpha value is -2.90. The minimum absolute atomic E-state index is 0.0400. The SMILES string of the molecule is CC(C)(C)OC(=O)c1cnn(-c2ccc([N+](=O)[O-])cc2)c1N. The monoisotopic (exact) mass is 304 g/mol. The van der Waals surface area contributed by atoms with E-state index in [9.17, 15) is 14.9 Å². The average molecular weight is 304 g/mol. The van der Waals surface area contributed by atoms with Gasteiger partial charge in [0.25, 0.3) is 5.69 Å². The number of nitrogen functional groups attached to an aromatic ring is 1. The highest BCUT2D eigenvalue weighted by Gasteiger charge is 2.23. The predicted octanol–water partition coefficient (Wildman–Crippen LogP) is 2.32. The first-order valence-electron chi connectivity index (χ1n) is 6.51. The first-order valence-corrected chi connectivity index (χ1v) is 6.51. The van der Waals surface area contributed by atoms with Gasteiger partial charge in [-0.15, -0.1) is 0 Å². The molecule has 2 aromatic rings. The third kappa shape index (κ3) is 3.22. The zero-order valence-corrected chi connectivity index (χ0v) is 12.4. The van der Waals surface area contributed by atoms with Crippen LogP contribution < -0.4 is 5.73 Å². The molecule has 8 heteroatoms. The predicted molar refractivity (Wildman–Crippen MR) is 79.8 cm³/mol. The molecule has 1 heterocycles. The number of nitro benzene ring substituents is 1. The van der Waals surface area contributed by atoms with E-state index in [-0.39, 0.29) is 17.1 Å². The number of carbonyl (C=O) groups excluding carboxylic acids is 1. The Kier molecular flexibility index (Phi) is 3.85. The van der Waals surface area contributed by atoms with Crippen LogP contribution >= 0.6 is 0 Å². The van der Waals surface area contributed by atoms with Gasteiger partial charge in [0.15, 0.2) is 0 Å². The molecule has 1 aromatic heterocycles. The number of rotatable bonds is 3. The maximum Gasteiger partial charge on any atom is 0.344 e. The quantitative estimate of drug-likeness (QED) is 0.529. The van der Waals surface area contributed by atoms with Gasteiger partial charge >= 0.3 is 5.97 Å². The van der Waals surface area contributed by atoms with E-state index in [2.05, 4.69) is 5.10 Å². The van der Waals surface area contributed by atoms with E-state index < -0.39 is 16.5 Å². The molecule has 2 rings (SSSR count). The number of ether oxygens (including phenoxy) is 1. The molecule has 0 spiro atoms. The van der Waals surface area contributed by atoms with Gasteiger partial charge in [-0.2, -0.15) is 5.10 Å². The number of hydrogen-bond donors (Lipinski definition) is 1. The summed E-state index contributed by atoms with van der Waals surface area (Å²) in [4.78, 5) is 22.2. The van der Waals surface area contributed by atoms with E-state index in [0.717, 1.165) is 0 Å². The number of nitrogens with zero attached hydrogens (tertiary/aromatic N) is 3. The van der Waals surface area contributed by atoms with Gasteiger partial charge in [-0.1, -0.05) is 0 Å². The number of esters is 1. The molecule has 0 atom stereocenters. The van der Waals surface area contributed by atoms with Gasteiger partial charge in [-0.25, -0.2) is 9.48 Å². The first-order chi connectivity index (χ1) is 10.2. The highest BCUT2D eigenvalue weighted by atomic mass is 16.6. The normalized spacial score (nSPS) is 11.2. The van der Waals surface area contributed by atoms with Crippen LogP contribution in [-0.4, -0.2) is 26.3 Å². The van der Waals surface area contributed by atoms with Crippen molar-refractivity contribution in [1.29, 1.82) is 0 Å². The Bertz CT molecular complexity index is 713. The minimum atomic E-state index is -0.640. The summed E-state index contributed by atoms with van der Waals surface area (Å²) >= 11 is 0. The highest BCUT2D eigenvalue weighted by molar-refractivity contribution is 5.94. The Balaban J connectivity index is 2.31. The van der Waals surface area contributed by atoms with Gasteiger partial charge in [-0.05, 0) is 32.9 Å². The maximum atomic E-state index is 12.0. The Morgan fingerprint density at radius 1 is 1.32 bits per heavy atom. The molecule has 0 bridgehead atoms. The summed E-state index contributed by atoms with van der Waals surface area (Å²) in [5.74, 6) is -0.457. The number of benzene rings is 1. The summed E-state index contributed by atoms with van der Waals surface area (Å²) in [6, 6.07) is 5.67. The van der Waals surface area contributed by atoms with Crippen molar-refractivity contribution in [3.8, 4) is 5.69 Å². The van der Waals surface area contributed by atoms with E-state index in [1.807, 2.05) is 0 Å². The van der Waals surface area contributed by atoms with Gasteiger partial charge < -0.3 is 10.5 Å². The lowest BCUT2D eigenvalue weighted by Crippen LogP contribution is -2.24. The van der Waals surface area contributed by atoms with Crippen LogP contribution in [-0.2, 0) is 4.74 Å². The number of anilines is 1. The summed E-state index contributed by atoms with van der Waals surface area (Å²) in [5.41, 5.74) is 5.90. The lowest BCUT2D eigenvalue weighted by atomic mass is 10.2. The Labute approximate surface area is 126 Å². The zero-order valence-electron chi connectivity index (χ0n) is 12.4. The third-order valence-electron chi connectivity index (χ3n) is 2.73. The molecule has 0 amide bonds. The van der Waals surface area contributed by atoms with Crippen LogP contribution in [0.25, 0.3) is 5.69 Å². The lowest BCUT2D eigenvalue weighted by Gasteiger charge is -2.19. The number of nitrogens with two attached hydrogens (primary N) is 1. The molecular weight excluding hydrogens is 288 g/mol. The Morgan fingerprint density at radius 2 is 1.91 bits per heavy atom. The molecular formula is C14H16N4O4. The van der Waals surface area contributed by atoms with Gasteiger partial charge in [0.05, 0.1) is 16.8 Å². The maximum absolute atomic E-state index is 12.0. The van der Waals surface area contributed by atoms with Crippen molar-refractivity contribution in [3.63, 3.8) is 0 Å². The summed E-state index contributed by atoms with van der Waals surface area (Å²) in [6.07, 6.45) is 1.31. The molecule has 1 aromatic carbocycles. The van der Waals surface area contributed by atoms with Crippen molar-refractivity contribution in [3.05, 3.63) is 46.1 Å². The number of non-ortho nitro benzene ring substituents is 1. The second-order valence-corrected chi connectivity index (χ2v) is 5.63. The first kappa shape index (κ1) is 15.5. The Morgan fingerprint density at radius 3 is 2.41 bits per heavy atom. The van der Waals surface area contributed by atoms with Gasteiger partial charge in [0, 0.05) is 12.1 Å². The molecule has 0 saturated carbocycles. The molecule has 0 unspecified atom stereocenters. The molecule has 8 nitrogen and oxygen atoms in total. The molecule has 0 aliphatic heterocycles. The van der Waals surface area contributed by atoms with Gasteiger partial charge in [0.1, 0.15) is 17.0 Å². The molecule has 2 N–H and O–H groups in total. The van der Waals surface area contributed by atoms with Crippen molar-refractivity contribution < 1.29 is 14.5 Å². The number of nitro groups is 1. The van der Waals surface area contributed by atoms with Crippen LogP contribution in [0.4, 0.5) is 11.5 Å². The molecule has 116 valence electrons. The van der Waals surface area contributed by atoms with E-state index in [0.29, 0.717) is 5.69 Å². The van der Waals surface area contributed by atoms with Crippen molar-refractivity contribution in [2.75, 3.05) is 5.73 Å². The molecule has 22 heavy (non-hydrogen) atoms.